The Morgan fingerprint density at radius 2 is 1.94 bits per heavy atom. The molecule has 2 heterocycles. The first-order valence-corrected chi connectivity index (χ1v) is 10.4. The van der Waals surface area contributed by atoms with Gasteiger partial charge in [-0.1, -0.05) is 23.7 Å². The first-order valence-electron chi connectivity index (χ1n) is 10.0. The van der Waals surface area contributed by atoms with Gasteiger partial charge in [-0.3, -0.25) is 10.3 Å². The molecule has 8 nitrogen and oxygen atoms in total. The van der Waals surface area contributed by atoms with Crippen molar-refractivity contribution in [3.05, 3.63) is 65.5 Å². The monoisotopic (exact) mass is 452 g/mol. The highest BCUT2D eigenvalue weighted by atomic mass is 35.5. The third-order valence-electron chi connectivity index (χ3n) is 4.43. The lowest BCUT2D eigenvalue weighted by molar-refractivity contribution is 0.262. The van der Waals surface area contributed by atoms with E-state index in [1.165, 1.54) is 0 Å². The summed E-state index contributed by atoms with van der Waals surface area (Å²) in [5.74, 6) is 2.82. The van der Waals surface area contributed by atoms with Crippen LogP contribution in [0.1, 0.15) is 19.1 Å². The van der Waals surface area contributed by atoms with Gasteiger partial charge >= 0.3 is 6.03 Å². The number of carbonyl (C=O) groups excluding carboxylic acids is 1. The number of urea groups is 1. The number of anilines is 2. The summed E-state index contributed by atoms with van der Waals surface area (Å²) in [6, 6.07) is 13.6. The molecule has 2 aromatic carbocycles. The predicted molar refractivity (Wildman–Crippen MR) is 123 cm³/mol. The van der Waals surface area contributed by atoms with E-state index in [4.69, 9.17) is 25.6 Å². The molecule has 0 fully saturated rings. The smallest absolute Gasteiger partial charge is 0.324 e. The van der Waals surface area contributed by atoms with Crippen molar-refractivity contribution in [3.63, 3.8) is 0 Å². The summed E-state index contributed by atoms with van der Waals surface area (Å²) in [7, 11) is 0. The number of amides is 2. The average Bonchev–Trinajstić information content (AvgIpc) is 3.18. The third kappa shape index (κ3) is 5.09. The number of ether oxygens (including phenoxy) is 2. The van der Waals surface area contributed by atoms with Crippen molar-refractivity contribution in [1.29, 1.82) is 0 Å². The molecule has 0 atom stereocenters. The second-order valence-electron chi connectivity index (χ2n) is 6.98. The Kier molecular flexibility index (Phi) is 6.42. The van der Waals surface area contributed by atoms with E-state index in [0.717, 1.165) is 23.1 Å². The molecule has 0 bridgehead atoms. The minimum atomic E-state index is -0.491. The van der Waals surface area contributed by atoms with Crippen LogP contribution < -0.4 is 20.1 Å². The standard InChI is InChI=1S/C23H21ClN4O4/c1-3-10-30-15-4-6-17-20(13-15)25-9-8-21(17)31-16-5-7-19(18(24)12-16)26-23(29)27-22-11-14(2)32-28-22/h4-9,11-13H,3,10H2,1-2H3,(H2,26,27,28,29). The van der Waals surface area contributed by atoms with Crippen LogP contribution in [0.2, 0.25) is 5.02 Å². The quantitative estimate of drug-likeness (QED) is 0.336. The number of nitrogens with zero attached hydrogens (tertiary/aromatic N) is 2. The highest BCUT2D eigenvalue weighted by molar-refractivity contribution is 6.34. The topological polar surface area (TPSA) is 98.5 Å². The molecule has 0 radical (unpaired) electrons. The fourth-order valence-corrected chi connectivity index (χ4v) is 3.20. The fraction of sp³-hybridized carbons (Fsp3) is 0.174. The molecule has 2 amide bonds. The van der Waals surface area contributed by atoms with Gasteiger partial charge in [0, 0.05) is 29.8 Å². The van der Waals surface area contributed by atoms with Crippen molar-refractivity contribution in [2.75, 3.05) is 17.2 Å². The van der Waals surface area contributed by atoms with E-state index < -0.39 is 6.03 Å². The number of pyridine rings is 1. The summed E-state index contributed by atoms with van der Waals surface area (Å²) < 4.78 is 16.6. The Balaban J connectivity index is 1.47. The van der Waals surface area contributed by atoms with E-state index in [2.05, 4.69) is 27.7 Å². The highest BCUT2D eigenvalue weighted by Gasteiger charge is 2.11. The summed E-state index contributed by atoms with van der Waals surface area (Å²) in [5, 5.41) is 10.1. The van der Waals surface area contributed by atoms with E-state index in [1.54, 1.807) is 43.5 Å². The molecule has 32 heavy (non-hydrogen) atoms. The highest BCUT2D eigenvalue weighted by Crippen LogP contribution is 2.34. The number of aromatic nitrogens is 2. The first-order chi connectivity index (χ1) is 15.5. The molecule has 2 N–H and O–H groups in total. The second-order valence-corrected chi connectivity index (χ2v) is 7.39. The van der Waals surface area contributed by atoms with Crippen LogP contribution in [0.5, 0.6) is 17.2 Å². The van der Waals surface area contributed by atoms with Crippen molar-refractivity contribution in [3.8, 4) is 17.2 Å². The van der Waals surface area contributed by atoms with Crippen LogP contribution in [-0.2, 0) is 0 Å². The van der Waals surface area contributed by atoms with Crippen LogP contribution in [0.25, 0.3) is 10.9 Å². The van der Waals surface area contributed by atoms with Crippen molar-refractivity contribution in [2.45, 2.75) is 20.3 Å². The van der Waals surface area contributed by atoms with E-state index in [-0.39, 0.29) is 0 Å². The zero-order valence-corrected chi connectivity index (χ0v) is 18.3. The number of halogens is 1. The largest absolute Gasteiger partial charge is 0.494 e. The van der Waals surface area contributed by atoms with E-state index in [0.29, 0.717) is 40.4 Å². The summed E-state index contributed by atoms with van der Waals surface area (Å²) in [6.07, 6.45) is 2.61. The van der Waals surface area contributed by atoms with E-state index in [1.807, 2.05) is 18.2 Å². The van der Waals surface area contributed by atoms with Crippen LogP contribution in [0, 0.1) is 6.92 Å². The van der Waals surface area contributed by atoms with E-state index in [9.17, 15) is 4.79 Å². The molecular weight excluding hydrogens is 432 g/mol. The maximum Gasteiger partial charge on any atom is 0.324 e. The lowest BCUT2D eigenvalue weighted by Gasteiger charge is -2.12. The van der Waals surface area contributed by atoms with Gasteiger partial charge in [0.15, 0.2) is 5.82 Å². The summed E-state index contributed by atoms with van der Waals surface area (Å²) in [4.78, 5) is 16.5. The van der Waals surface area contributed by atoms with Crippen LogP contribution in [-0.4, -0.2) is 22.8 Å². The molecule has 4 aromatic rings. The van der Waals surface area contributed by atoms with Gasteiger partial charge < -0.3 is 19.3 Å². The van der Waals surface area contributed by atoms with Crippen molar-refractivity contribution >= 4 is 40.0 Å². The van der Waals surface area contributed by atoms with Gasteiger partial charge in [0.1, 0.15) is 23.0 Å². The maximum atomic E-state index is 12.1. The van der Waals surface area contributed by atoms with Gasteiger partial charge in [-0.25, -0.2) is 4.79 Å². The number of aryl methyl sites for hydroxylation is 1. The summed E-state index contributed by atoms with van der Waals surface area (Å²) >= 11 is 6.35. The minimum absolute atomic E-state index is 0.309. The normalized spacial score (nSPS) is 10.7. The Bertz CT molecular complexity index is 1260. The molecule has 0 saturated carbocycles. The van der Waals surface area contributed by atoms with Crippen LogP contribution in [0.4, 0.5) is 16.3 Å². The molecule has 0 aliphatic rings. The lowest BCUT2D eigenvalue weighted by Crippen LogP contribution is -2.19. The van der Waals surface area contributed by atoms with Crippen molar-refractivity contribution in [2.24, 2.45) is 0 Å². The average molecular weight is 453 g/mol. The number of hydrogen-bond acceptors (Lipinski definition) is 6. The van der Waals surface area contributed by atoms with Gasteiger partial charge in [-0.05, 0) is 43.7 Å². The van der Waals surface area contributed by atoms with Crippen LogP contribution >= 0.6 is 11.6 Å². The number of fused-ring (bicyclic) bond motifs is 1. The fourth-order valence-electron chi connectivity index (χ4n) is 2.98. The number of benzene rings is 2. The zero-order valence-electron chi connectivity index (χ0n) is 17.5. The second kappa shape index (κ2) is 9.57. The number of carbonyl (C=O) groups is 1. The Labute approximate surface area is 189 Å². The van der Waals surface area contributed by atoms with Crippen LogP contribution in [0.15, 0.2) is 59.3 Å². The maximum absolute atomic E-state index is 12.1. The molecular formula is C23H21ClN4O4. The number of rotatable bonds is 7. The first kappa shape index (κ1) is 21.5. The Morgan fingerprint density at radius 3 is 2.69 bits per heavy atom. The molecule has 0 spiro atoms. The Morgan fingerprint density at radius 1 is 1.09 bits per heavy atom. The molecule has 2 aromatic heterocycles. The lowest BCUT2D eigenvalue weighted by atomic mass is 10.2. The van der Waals surface area contributed by atoms with Gasteiger partial charge in [0.25, 0.3) is 0 Å². The van der Waals surface area contributed by atoms with Crippen LogP contribution in [0.3, 0.4) is 0 Å². The SMILES string of the molecule is CCCOc1ccc2c(Oc3ccc(NC(=O)Nc4cc(C)on4)c(Cl)c3)ccnc2c1. The summed E-state index contributed by atoms with van der Waals surface area (Å²) in [6.45, 7) is 4.44. The summed E-state index contributed by atoms with van der Waals surface area (Å²) in [5.41, 5.74) is 1.19. The molecule has 0 unspecified atom stereocenters. The molecule has 164 valence electrons. The zero-order chi connectivity index (χ0) is 22.5. The Hall–Kier alpha value is -3.78. The molecule has 0 aliphatic heterocycles. The molecule has 0 saturated heterocycles. The van der Waals surface area contributed by atoms with Gasteiger partial charge in [0.2, 0.25) is 0 Å². The predicted octanol–water partition coefficient (Wildman–Crippen LogP) is 6.41. The van der Waals surface area contributed by atoms with Gasteiger partial charge in [0.05, 0.1) is 22.8 Å². The van der Waals surface area contributed by atoms with E-state index >= 15 is 0 Å². The molecule has 0 aliphatic carbocycles. The van der Waals surface area contributed by atoms with Gasteiger partial charge in [-0.15, -0.1) is 0 Å². The van der Waals surface area contributed by atoms with Crippen molar-refractivity contribution in [1.82, 2.24) is 10.1 Å². The minimum Gasteiger partial charge on any atom is -0.494 e. The number of hydrogen-bond donors (Lipinski definition) is 2. The van der Waals surface area contributed by atoms with Crippen molar-refractivity contribution < 1.29 is 18.8 Å². The molecule has 9 heteroatoms. The third-order valence-corrected chi connectivity index (χ3v) is 4.75. The molecule has 4 rings (SSSR count). The van der Waals surface area contributed by atoms with Gasteiger partial charge in [-0.2, -0.15) is 0 Å². The number of nitrogens with one attached hydrogen (secondary N) is 2.